The van der Waals surface area contributed by atoms with Crippen molar-refractivity contribution in [3.05, 3.63) is 82.6 Å². The second-order valence-corrected chi connectivity index (χ2v) is 6.56. The molecule has 1 amide bonds. The number of hydrogen-bond donors (Lipinski definition) is 2. The van der Waals surface area contributed by atoms with Gasteiger partial charge in [-0.3, -0.25) is 4.79 Å². The Hall–Kier alpha value is -2.92. The van der Waals surface area contributed by atoms with Crippen LogP contribution in [0.15, 0.2) is 60.8 Å². The highest BCUT2D eigenvalue weighted by atomic mass is 35.5. The van der Waals surface area contributed by atoms with E-state index in [1.165, 1.54) is 5.56 Å². The van der Waals surface area contributed by atoms with Gasteiger partial charge in [-0.1, -0.05) is 48.0 Å². The number of amides is 1. The van der Waals surface area contributed by atoms with Crippen molar-refractivity contribution in [3.8, 4) is 0 Å². The highest BCUT2D eigenvalue weighted by Gasteiger charge is 2.10. The zero-order valence-electron chi connectivity index (χ0n) is 15.1. The Kier molecular flexibility index (Phi) is 6.39. The monoisotopic (exact) mass is 380 g/mol. The number of nitrogens with zero attached hydrogens (tertiary/aromatic N) is 2. The van der Waals surface area contributed by atoms with Crippen molar-refractivity contribution < 1.29 is 4.79 Å². The average molecular weight is 381 g/mol. The van der Waals surface area contributed by atoms with E-state index >= 15 is 0 Å². The number of carbonyl (C=O) groups excluding carboxylic acids is 1. The van der Waals surface area contributed by atoms with Crippen molar-refractivity contribution in [3.63, 3.8) is 0 Å². The van der Waals surface area contributed by atoms with Crippen LogP contribution < -0.4 is 10.6 Å². The molecule has 2 aromatic carbocycles. The molecule has 1 aromatic heterocycles. The summed E-state index contributed by atoms with van der Waals surface area (Å²) in [6.07, 6.45) is 3.35. The Morgan fingerprint density at radius 3 is 2.70 bits per heavy atom. The lowest BCUT2D eigenvalue weighted by atomic mass is 10.1. The first kappa shape index (κ1) is 18.9. The number of halogens is 1. The fraction of sp³-hybridized carbons (Fsp3) is 0.190. The van der Waals surface area contributed by atoms with Gasteiger partial charge in [0.15, 0.2) is 0 Å². The molecule has 2 N–H and O–H groups in total. The van der Waals surface area contributed by atoms with Gasteiger partial charge in [0.05, 0.1) is 0 Å². The minimum absolute atomic E-state index is 0.212. The van der Waals surface area contributed by atoms with Crippen molar-refractivity contribution in [1.82, 2.24) is 15.3 Å². The maximum Gasteiger partial charge on any atom is 0.270 e. The Bertz CT molecular complexity index is 915. The van der Waals surface area contributed by atoms with Crippen molar-refractivity contribution in [2.24, 2.45) is 0 Å². The first-order valence-corrected chi connectivity index (χ1v) is 9.18. The van der Waals surface area contributed by atoms with Gasteiger partial charge in [-0.2, -0.15) is 0 Å². The van der Waals surface area contributed by atoms with Gasteiger partial charge in [0, 0.05) is 23.5 Å². The molecule has 0 fully saturated rings. The van der Waals surface area contributed by atoms with Gasteiger partial charge in [0.1, 0.15) is 5.69 Å². The predicted octanol–water partition coefficient (Wildman–Crippen LogP) is 4.54. The van der Waals surface area contributed by atoms with Crippen LogP contribution in [-0.4, -0.2) is 22.4 Å². The number of anilines is 2. The fourth-order valence-electron chi connectivity index (χ4n) is 2.64. The maximum atomic E-state index is 12.3. The van der Waals surface area contributed by atoms with Crippen LogP contribution in [-0.2, 0) is 6.42 Å². The molecule has 5 nitrogen and oxygen atoms in total. The fourth-order valence-corrected chi connectivity index (χ4v) is 2.81. The van der Waals surface area contributed by atoms with Crippen LogP contribution in [0.2, 0.25) is 5.02 Å². The number of hydrogen-bond acceptors (Lipinski definition) is 4. The first-order valence-electron chi connectivity index (χ1n) is 8.81. The molecule has 0 bridgehead atoms. The summed E-state index contributed by atoms with van der Waals surface area (Å²) >= 11 is 6.13. The van der Waals surface area contributed by atoms with Gasteiger partial charge >= 0.3 is 0 Å². The SMILES string of the molecule is Cc1c(Cl)cccc1Nc1nccc(C(=O)NCCCc2ccccc2)n1. The Morgan fingerprint density at radius 1 is 1.07 bits per heavy atom. The van der Waals surface area contributed by atoms with E-state index in [1.54, 1.807) is 12.3 Å². The normalized spacial score (nSPS) is 10.4. The molecule has 0 atom stereocenters. The Labute approximate surface area is 163 Å². The van der Waals surface area contributed by atoms with E-state index < -0.39 is 0 Å². The third kappa shape index (κ3) is 5.28. The summed E-state index contributed by atoms with van der Waals surface area (Å²) in [6, 6.07) is 17.4. The van der Waals surface area contributed by atoms with Gasteiger partial charge in [-0.05, 0) is 49.1 Å². The summed E-state index contributed by atoms with van der Waals surface area (Å²) in [4.78, 5) is 20.8. The second-order valence-electron chi connectivity index (χ2n) is 6.15. The lowest BCUT2D eigenvalue weighted by molar-refractivity contribution is 0.0948. The molecule has 0 unspecified atom stereocenters. The van der Waals surface area contributed by atoms with Crippen molar-refractivity contribution >= 4 is 29.1 Å². The van der Waals surface area contributed by atoms with Gasteiger partial charge in [0.2, 0.25) is 5.95 Å². The number of benzene rings is 2. The molecule has 3 rings (SSSR count). The van der Waals surface area contributed by atoms with Gasteiger partial charge in [-0.25, -0.2) is 9.97 Å². The Morgan fingerprint density at radius 2 is 1.89 bits per heavy atom. The van der Waals surface area contributed by atoms with E-state index in [1.807, 2.05) is 43.3 Å². The van der Waals surface area contributed by atoms with Crippen LogP contribution in [0.4, 0.5) is 11.6 Å². The van der Waals surface area contributed by atoms with Gasteiger partial charge in [0.25, 0.3) is 5.91 Å². The topological polar surface area (TPSA) is 66.9 Å². The predicted molar refractivity (Wildman–Crippen MR) is 109 cm³/mol. The van der Waals surface area contributed by atoms with Gasteiger partial charge in [-0.15, -0.1) is 0 Å². The summed E-state index contributed by atoms with van der Waals surface area (Å²) < 4.78 is 0. The van der Waals surface area contributed by atoms with E-state index in [0.29, 0.717) is 23.2 Å². The molecule has 3 aromatic rings. The first-order chi connectivity index (χ1) is 13.1. The standard InChI is InChI=1S/C21H21ClN4O/c1-15-17(22)10-5-11-18(15)25-21-24-14-12-19(26-21)20(27)23-13-6-9-16-7-3-2-4-8-16/h2-5,7-8,10-12,14H,6,9,13H2,1H3,(H,23,27)(H,24,25,26). The van der Waals surface area contributed by atoms with E-state index in [4.69, 9.17) is 11.6 Å². The molecule has 0 aliphatic rings. The number of aromatic nitrogens is 2. The Balaban J connectivity index is 1.56. The highest BCUT2D eigenvalue weighted by Crippen LogP contribution is 2.24. The third-order valence-corrected chi connectivity index (χ3v) is 4.58. The van der Waals surface area contributed by atoms with Crippen molar-refractivity contribution in [1.29, 1.82) is 0 Å². The van der Waals surface area contributed by atoms with E-state index in [9.17, 15) is 4.79 Å². The molecule has 27 heavy (non-hydrogen) atoms. The van der Waals surface area contributed by atoms with E-state index in [2.05, 4.69) is 32.7 Å². The van der Waals surface area contributed by atoms with Crippen LogP contribution in [0.1, 0.15) is 28.0 Å². The summed E-state index contributed by atoms with van der Waals surface area (Å²) in [5.74, 6) is 0.147. The molecule has 0 saturated carbocycles. The molecule has 0 radical (unpaired) electrons. The van der Waals surface area contributed by atoms with E-state index in [0.717, 1.165) is 24.1 Å². The molecule has 1 heterocycles. The average Bonchev–Trinajstić information content (AvgIpc) is 2.70. The lowest BCUT2D eigenvalue weighted by Crippen LogP contribution is -2.26. The molecule has 6 heteroatoms. The number of nitrogens with one attached hydrogen (secondary N) is 2. The smallest absolute Gasteiger partial charge is 0.270 e. The van der Waals surface area contributed by atoms with Crippen molar-refractivity contribution in [2.45, 2.75) is 19.8 Å². The van der Waals surface area contributed by atoms with E-state index in [-0.39, 0.29) is 5.91 Å². The minimum Gasteiger partial charge on any atom is -0.351 e. The van der Waals surface area contributed by atoms with Crippen LogP contribution in [0, 0.1) is 6.92 Å². The summed E-state index contributed by atoms with van der Waals surface area (Å²) in [6.45, 7) is 2.50. The minimum atomic E-state index is -0.212. The molecule has 0 aliphatic carbocycles. The molecular weight excluding hydrogens is 360 g/mol. The zero-order chi connectivity index (χ0) is 19.1. The van der Waals surface area contributed by atoms with Crippen LogP contribution in [0.5, 0.6) is 0 Å². The van der Waals surface area contributed by atoms with Crippen LogP contribution in [0.25, 0.3) is 0 Å². The molecule has 138 valence electrons. The summed E-state index contributed by atoms with van der Waals surface area (Å²) in [5.41, 5.74) is 3.30. The maximum absolute atomic E-state index is 12.3. The summed E-state index contributed by atoms with van der Waals surface area (Å²) in [5, 5.41) is 6.67. The number of rotatable bonds is 7. The zero-order valence-corrected chi connectivity index (χ0v) is 15.8. The molecule has 0 spiro atoms. The highest BCUT2D eigenvalue weighted by molar-refractivity contribution is 6.31. The largest absolute Gasteiger partial charge is 0.351 e. The lowest BCUT2D eigenvalue weighted by Gasteiger charge is -2.10. The molecular formula is C21H21ClN4O. The number of carbonyl (C=O) groups is 1. The second kappa shape index (κ2) is 9.14. The third-order valence-electron chi connectivity index (χ3n) is 4.17. The molecule has 0 aliphatic heterocycles. The van der Waals surface area contributed by atoms with Crippen molar-refractivity contribution in [2.75, 3.05) is 11.9 Å². The summed E-state index contributed by atoms with van der Waals surface area (Å²) in [7, 11) is 0. The quantitative estimate of drug-likeness (QED) is 0.590. The van der Waals surface area contributed by atoms with Crippen LogP contribution >= 0.6 is 11.6 Å². The van der Waals surface area contributed by atoms with Gasteiger partial charge < -0.3 is 10.6 Å². The number of aryl methyl sites for hydroxylation is 1. The molecule has 0 saturated heterocycles. The van der Waals surface area contributed by atoms with Crippen LogP contribution in [0.3, 0.4) is 0 Å².